The van der Waals surface area contributed by atoms with Crippen LogP contribution in [0.4, 0.5) is 0 Å². The number of aliphatic hydroxyl groups is 1. The molecule has 2 N–H and O–H groups in total. The Morgan fingerprint density at radius 3 is 2.29 bits per heavy atom. The maximum absolute atomic E-state index is 11.7. The van der Waals surface area contributed by atoms with Crippen LogP contribution in [0.5, 0.6) is 5.75 Å². The molecule has 2 aromatic carbocycles. The van der Waals surface area contributed by atoms with Crippen molar-refractivity contribution in [2.45, 2.75) is 53.4 Å². The van der Waals surface area contributed by atoms with Gasteiger partial charge in [0.25, 0.3) is 0 Å². The Bertz CT molecular complexity index is 1270. The summed E-state index contributed by atoms with van der Waals surface area (Å²) in [5.41, 5.74) is 2.09. The normalized spacial score (nSPS) is 11.6. The summed E-state index contributed by atoms with van der Waals surface area (Å²) in [6, 6.07) is 13.3. The van der Waals surface area contributed by atoms with Gasteiger partial charge in [-0.05, 0) is 49.3 Å². The molecule has 1 radical (unpaired) electrons. The van der Waals surface area contributed by atoms with Crippen molar-refractivity contribution in [3.05, 3.63) is 60.5 Å². The Morgan fingerprint density at radius 1 is 1.00 bits per heavy atom. The summed E-state index contributed by atoms with van der Waals surface area (Å²) < 4.78 is 5.82. The van der Waals surface area contributed by atoms with Gasteiger partial charge in [0.05, 0.1) is 11.1 Å². The zero-order chi connectivity index (χ0) is 24.0. The number of aromatic hydroxyl groups is 1. The van der Waals surface area contributed by atoms with Gasteiger partial charge in [-0.3, -0.25) is 9.78 Å². The van der Waals surface area contributed by atoms with Crippen LogP contribution in [-0.4, -0.2) is 21.0 Å². The standard InChI is InChI=1S/C15H9NO2.C13H24O2.Ir/c17-11-8-9-4-1-2-5-10(9)15-13(11)14-12(18-15)6-3-7-16-14;1-5-10(6-2)12(14)9-13(15)11(7-3)8-4;/h1-8,17H;9-11,14H,5-8H2,1-4H3;/b;12-9-;. The molecule has 0 saturated heterocycles. The number of aromatic nitrogens is 1. The third-order valence-electron chi connectivity index (χ3n) is 6.28. The van der Waals surface area contributed by atoms with E-state index in [9.17, 15) is 15.0 Å². The Balaban J connectivity index is 0.000000239. The van der Waals surface area contributed by atoms with Gasteiger partial charge in [-0.2, -0.15) is 0 Å². The second kappa shape index (κ2) is 12.7. The van der Waals surface area contributed by atoms with Crippen LogP contribution >= 0.6 is 0 Å². The molecule has 183 valence electrons. The van der Waals surface area contributed by atoms with Gasteiger partial charge in [0.2, 0.25) is 0 Å². The molecule has 5 nitrogen and oxygen atoms in total. The van der Waals surface area contributed by atoms with Crippen LogP contribution in [0.1, 0.15) is 53.4 Å². The second-order valence-electron chi connectivity index (χ2n) is 8.27. The van der Waals surface area contributed by atoms with Crippen molar-refractivity contribution < 1.29 is 39.5 Å². The summed E-state index contributed by atoms with van der Waals surface area (Å²) in [4.78, 5) is 16.0. The molecular formula is C28H33IrNO4. The number of rotatable bonds is 7. The van der Waals surface area contributed by atoms with Crippen molar-refractivity contribution in [2.75, 3.05) is 0 Å². The molecule has 4 aromatic rings. The van der Waals surface area contributed by atoms with E-state index in [1.807, 2.05) is 64.1 Å². The van der Waals surface area contributed by atoms with E-state index in [2.05, 4.69) is 4.98 Å². The first-order valence-electron chi connectivity index (χ1n) is 11.8. The molecule has 0 saturated carbocycles. The number of benzene rings is 2. The monoisotopic (exact) mass is 640 g/mol. The number of phenolic OH excluding ortho intramolecular Hbond substituents is 1. The quantitative estimate of drug-likeness (QED) is 0.160. The van der Waals surface area contributed by atoms with Gasteiger partial charge < -0.3 is 14.6 Å². The minimum Gasteiger partial charge on any atom is -0.512 e. The number of hydrogen-bond donors (Lipinski definition) is 2. The number of carbonyl (C=O) groups excluding carboxylic acids is 1. The van der Waals surface area contributed by atoms with E-state index >= 15 is 0 Å². The molecule has 0 spiro atoms. The molecule has 0 fully saturated rings. The topological polar surface area (TPSA) is 83.6 Å². The fourth-order valence-corrected chi connectivity index (χ4v) is 4.19. The zero-order valence-corrected chi connectivity index (χ0v) is 22.6. The van der Waals surface area contributed by atoms with Crippen molar-refractivity contribution in [1.29, 1.82) is 0 Å². The number of carbonyl (C=O) groups is 1. The number of nitrogens with zero attached hydrogens (tertiary/aromatic N) is 1. The van der Waals surface area contributed by atoms with E-state index in [1.54, 1.807) is 12.3 Å². The summed E-state index contributed by atoms with van der Waals surface area (Å²) >= 11 is 0. The molecule has 0 bridgehead atoms. The van der Waals surface area contributed by atoms with Crippen LogP contribution < -0.4 is 0 Å². The molecule has 0 atom stereocenters. The Hall–Kier alpha value is -2.69. The number of allylic oxidation sites excluding steroid dienone is 2. The van der Waals surface area contributed by atoms with Gasteiger partial charge in [0.1, 0.15) is 16.8 Å². The van der Waals surface area contributed by atoms with Crippen LogP contribution in [0.2, 0.25) is 0 Å². The first-order chi connectivity index (χ1) is 15.9. The van der Waals surface area contributed by atoms with Gasteiger partial charge in [-0.15, -0.1) is 0 Å². The predicted molar refractivity (Wildman–Crippen MR) is 135 cm³/mol. The number of furan rings is 1. The second-order valence-corrected chi connectivity index (χ2v) is 8.27. The number of ketones is 1. The summed E-state index contributed by atoms with van der Waals surface area (Å²) in [5.74, 6) is 0.757. The number of hydrogen-bond acceptors (Lipinski definition) is 5. The van der Waals surface area contributed by atoms with Crippen molar-refractivity contribution in [1.82, 2.24) is 4.98 Å². The van der Waals surface area contributed by atoms with Crippen LogP contribution in [0.3, 0.4) is 0 Å². The van der Waals surface area contributed by atoms with E-state index < -0.39 is 0 Å². The molecule has 6 heteroatoms. The van der Waals surface area contributed by atoms with Crippen molar-refractivity contribution in [3.8, 4) is 5.75 Å². The van der Waals surface area contributed by atoms with Gasteiger partial charge in [0, 0.05) is 49.6 Å². The van der Waals surface area contributed by atoms with Gasteiger partial charge in [0.15, 0.2) is 11.4 Å². The van der Waals surface area contributed by atoms with Crippen LogP contribution in [0, 0.1) is 11.8 Å². The molecule has 34 heavy (non-hydrogen) atoms. The molecule has 0 amide bonds. The SMILES string of the molecule is CCC(CC)C(=O)/C=C(\O)C(CC)CC.Oc1cc2ccccc2c2oc3cccnc3c12.[Ir]. The molecule has 2 heterocycles. The number of phenols is 1. The summed E-state index contributed by atoms with van der Waals surface area (Å²) in [7, 11) is 0. The summed E-state index contributed by atoms with van der Waals surface area (Å²) in [5, 5.41) is 22.5. The molecule has 2 aromatic heterocycles. The van der Waals surface area contributed by atoms with E-state index in [1.165, 1.54) is 6.08 Å². The van der Waals surface area contributed by atoms with Crippen LogP contribution in [0.25, 0.3) is 32.8 Å². The first-order valence-corrected chi connectivity index (χ1v) is 11.8. The zero-order valence-electron chi connectivity index (χ0n) is 20.2. The van der Waals surface area contributed by atoms with Crippen molar-refractivity contribution >= 4 is 38.6 Å². The van der Waals surface area contributed by atoms with E-state index in [4.69, 9.17) is 4.42 Å². The third kappa shape index (κ3) is 5.86. The maximum atomic E-state index is 11.7. The number of aliphatic hydroxyl groups excluding tert-OH is 1. The minimum absolute atomic E-state index is 0. The number of fused-ring (bicyclic) bond motifs is 5. The van der Waals surface area contributed by atoms with Gasteiger partial charge in [-0.25, -0.2) is 0 Å². The molecule has 0 aliphatic rings. The fraction of sp³-hybridized carbons (Fsp3) is 0.357. The maximum Gasteiger partial charge on any atom is 0.162 e. The molecule has 0 unspecified atom stereocenters. The van der Waals surface area contributed by atoms with Gasteiger partial charge >= 0.3 is 0 Å². The largest absolute Gasteiger partial charge is 0.512 e. The molecule has 0 aliphatic heterocycles. The number of pyridine rings is 1. The molecule has 0 aliphatic carbocycles. The third-order valence-corrected chi connectivity index (χ3v) is 6.28. The van der Waals surface area contributed by atoms with E-state index in [0.29, 0.717) is 22.1 Å². The molecule has 4 rings (SSSR count). The van der Waals surface area contributed by atoms with Crippen molar-refractivity contribution in [3.63, 3.8) is 0 Å². The average molecular weight is 640 g/mol. The smallest absolute Gasteiger partial charge is 0.162 e. The van der Waals surface area contributed by atoms with Crippen LogP contribution in [0.15, 0.2) is 64.9 Å². The first kappa shape index (κ1) is 27.6. The van der Waals surface area contributed by atoms with Crippen molar-refractivity contribution in [2.24, 2.45) is 11.8 Å². The van der Waals surface area contributed by atoms with Gasteiger partial charge in [-0.1, -0.05) is 52.0 Å². The Kier molecular flexibility index (Phi) is 10.3. The Labute approximate surface area is 214 Å². The fourth-order valence-electron chi connectivity index (χ4n) is 4.19. The Morgan fingerprint density at radius 2 is 1.65 bits per heavy atom. The average Bonchev–Trinajstić information content (AvgIpc) is 3.22. The molecular weight excluding hydrogens is 607 g/mol. The summed E-state index contributed by atoms with van der Waals surface area (Å²) in [6.07, 6.45) is 6.61. The van der Waals surface area contributed by atoms with E-state index in [0.717, 1.165) is 36.5 Å². The van der Waals surface area contributed by atoms with E-state index in [-0.39, 0.29) is 49.2 Å². The predicted octanol–water partition coefficient (Wildman–Crippen LogP) is 7.71. The minimum atomic E-state index is 0. The van der Waals surface area contributed by atoms with Crippen LogP contribution in [-0.2, 0) is 24.9 Å². The summed E-state index contributed by atoms with van der Waals surface area (Å²) in [6.45, 7) is 8.07.